The second-order valence-electron chi connectivity index (χ2n) is 4.97. The Bertz CT molecular complexity index is 744. The summed E-state index contributed by atoms with van der Waals surface area (Å²) in [4.78, 5) is 14.0. The molecule has 0 atom stereocenters. The Hall–Kier alpha value is -1.36. The van der Waals surface area contributed by atoms with Crippen LogP contribution in [0.5, 0.6) is 5.75 Å². The predicted octanol–water partition coefficient (Wildman–Crippen LogP) is 3.43. The number of carbonyl (C=O) groups is 1. The molecule has 7 heteroatoms. The molecule has 0 aliphatic heterocycles. The molecular formula is C16H15I2N3O2. The van der Waals surface area contributed by atoms with Crippen LogP contribution in [0.4, 0.5) is 5.69 Å². The number of hydrogen-bond donors (Lipinski definition) is 2. The van der Waals surface area contributed by atoms with Gasteiger partial charge in [0.1, 0.15) is 5.75 Å². The molecule has 2 rings (SSSR count). The molecule has 120 valence electrons. The van der Waals surface area contributed by atoms with Gasteiger partial charge in [-0.1, -0.05) is 0 Å². The second kappa shape index (κ2) is 7.95. The van der Waals surface area contributed by atoms with E-state index < -0.39 is 0 Å². The number of carbonyl (C=O) groups excluding carboxylic acids is 1. The molecule has 5 nitrogen and oxygen atoms in total. The molecule has 0 saturated carbocycles. The van der Waals surface area contributed by atoms with Crippen molar-refractivity contribution in [1.82, 2.24) is 5.43 Å². The van der Waals surface area contributed by atoms with E-state index in [4.69, 9.17) is 0 Å². The highest BCUT2D eigenvalue weighted by Crippen LogP contribution is 2.25. The van der Waals surface area contributed by atoms with Crippen molar-refractivity contribution >= 4 is 63.0 Å². The van der Waals surface area contributed by atoms with Gasteiger partial charge in [0, 0.05) is 34.5 Å². The average molecular weight is 535 g/mol. The first kappa shape index (κ1) is 18.0. The number of hydrazone groups is 1. The molecule has 0 spiro atoms. The van der Waals surface area contributed by atoms with Crippen LogP contribution in [-0.4, -0.2) is 31.3 Å². The van der Waals surface area contributed by atoms with E-state index >= 15 is 0 Å². The van der Waals surface area contributed by atoms with Gasteiger partial charge in [0.15, 0.2) is 0 Å². The minimum absolute atomic E-state index is 0.152. The summed E-state index contributed by atoms with van der Waals surface area (Å²) in [5.41, 5.74) is 4.56. The molecule has 0 aliphatic carbocycles. The van der Waals surface area contributed by atoms with E-state index in [0.717, 1.165) is 12.8 Å². The fourth-order valence-electron chi connectivity index (χ4n) is 1.82. The smallest absolute Gasteiger partial charge is 0.271 e. The lowest BCUT2D eigenvalue weighted by atomic mass is 10.2. The first-order valence-electron chi connectivity index (χ1n) is 6.67. The van der Waals surface area contributed by atoms with Crippen molar-refractivity contribution in [3.63, 3.8) is 0 Å². The number of nitrogens with zero attached hydrogens (tertiary/aromatic N) is 2. The highest BCUT2D eigenvalue weighted by atomic mass is 127. The van der Waals surface area contributed by atoms with Crippen molar-refractivity contribution in [3.05, 3.63) is 54.7 Å². The van der Waals surface area contributed by atoms with E-state index in [-0.39, 0.29) is 11.7 Å². The zero-order valence-electron chi connectivity index (χ0n) is 12.5. The topological polar surface area (TPSA) is 64.9 Å². The molecule has 1 amide bonds. The largest absolute Gasteiger partial charge is 0.506 e. The Labute approximate surface area is 162 Å². The first-order valence-corrected chi connectivity index (χ1v) is 8.83. The molecule has 2 aromatic carbocycles. The summed E-state index contributed by atoms with van der Waals surface area (Å²) in [5, 5.41) is 13.9. The van der Waals surface area contributed by atoms with E-state index in [1.807, 2.05) is 37.2 Å². The van der Waals surface area contributed by atoms with Gasteiger partial charge in [-0.25, -0.2) is 5.43 Å². The summed E-state index contributed by atoms with van der Waals surface area (Å²) < 4.78 is 1.72. The lowest BCUT2D eigenvalue weighted by Crippen LogP contribution is -2.18. The van der Waals surface area contributed by atoms with Crippen molar-refractivity contribution in [2.75, 3.05) is 19.0 Å². The molecule has 0 aliphatic rings. The monoisotopic (exact) mass is 535 g/mol. The third-order valence-corrected chi connectivity index (χ3v) is 4.52. The average Bonchev–Trinajstić information content (AvgIpc) is 2.51. The van der Waals surface area contributed by atoms with Gasteiger partial charge < -0.3 is 10.0 Å². The highest BCUT2D eigenvalue weighted by molar-refractivity contribution is 14.1. The van der Waals surface area contributed by atoms with Crippen LogP contribution in [0.1, 0.15) is 15.9 Å². The first-order chi connectivity index (χ1) is 10.9. The third kappa shape index (κ3) is 4.80. The number of rotatable bonds is 4. The lowest BCUT2D eigenvalue weighted by molar-refractivity contribution is 0.0955. The van der Waals surface area contributed by atoms with Crippen LogP contribution in [0.15, 0.2) is 41.5 Å². The van der Waals surface area contributed by atoms with Gasteiger partial charge in [0.25, 0.3) is 5.91 Å². The van der Waals surface area contributed by atoms with Gasteiger partial charge in [-0.05, 0) is 81.6 Å². The van der Waals surface area contributed by atoms with E-state index in [1.54, 1.807) is 18.2 Å². The Morgan fingerprint density at radius 1 is 1.22 bits per heavy atom. The zero-order valence-corrected chi connectivity index (χ0v) is 16.9. The zero-order chi connectivity index (χ0) is 17.0. The molecule has 0 heterocycles. The number of halogens is 2. The van der Waals surface area contributed by atoms with Gasteiger partial charge in [0.05, 0.1) is 9.78 Å². The molecule has 2 N–H and O–H groups in total. The van der Waals surface area contributed by atoms with Crippen LogP contribution >= 0.6 is 45.2 Å². The van der Waals surface area contributed by atoms with Crippen molar-refractivity contribution in [3.8, 4) is 5.75 Å². The highest BCUT2D eigenvalue weighted by Gasteiger charge is 2.07. The SMILES string of the molecule is CN(C)c1ccc(C(=O)N/N=C/c2cc(I)cc(I)c2O)cc1. The number of phenols is 1. The fourth-order valence-corrected chi connectivity index (χ4v) is 3.71. The van der Waals surface area contributed by atoms with Crippen molar-refractivity contribution in [1.29, 1.82) is 0 Å². The number of phenolic OH excluding ortho intramolecular Hbond substituents is 1. The van der Waals surface area contributed by atoms with E-state index in [0.29, 0.717) is 11.1 Å². The third-order valence-electron chi connectivity index (χ3n) is 3.07. The summed E-state index contributed by atoms with van der Waals surface area (Å²) >= 11 is 4.21. The lowest BCUT2D eigenvalue weighted by Gasteiger charge is -2.12. The van der Waals surface area contributed by atoms with Crippen LogP contribution in [-0.2, 0) is 0 Å². The van der Waals surface area contributed by atoms with Crippen molar-refractivity contribution < 1.29 is 9.90 Å². The summed E-state index contributed by atoms with van der Waals surface area (Å²) in [6.45, 7) is 0. The molecule has 2 aromatic rings. The summed E-state index contributed by atoms with van der Waals surface area (Å²) in [6.07, 6.45) is 1.44. The Morgan fingerprint density at radius 3 is 2.48 bits per heavy atom. The molecule has 0 radical (unpaired) electrons. The van der Waals surface area contributed by atoms with Gasteiger partial charge in [0.2, 0.25) is 0 Å². The van der Waals surface area contributed by atoms with Gasteiger partial charge in [-0.2, -0.15) is 5.10 Å². The summed E-state index contributed by atoms with van der Waals surface area (Å²) in [5.74, 6) is -0.147. The predicted molar refractivity (Wildman–Crippen MR) is 109 cm³/mol. The van der Waals surface area contributed by atoms with Crippen LogP contribution in [0.3, 0.4) is 0 Å². The molecular weight excluding hydrogens is 520 g/mol. The van der Waals surface area contributed by atoms with Crippen molar-refractivity contribution in [2.45, 2.75) is 0 Å². The van der Waals surface area contributed by atoms with E-state index in [9.17, 15) is 9.90 Å². The number of anilines is 1. The number of hydrogen-bond acceptors (Lipinski definition) is 4. The molecule has 0 fully saturated rings. The molecule has 23 heavy (non-hydrogen) atoms. The normalized spacial score (nSPS) is 10.8. The van der Waals surface area contributed by atoms with Crippen LogP contribution in [0.2, 0.25) is 0 Å². The summed E-state index contributed by atoms with van der Waals surface area (Å²) in [7, 11) is 3.88. The van der Waals surface area contributed by atoms with Gasteiger partial charge >= 0.3 is 0 Å². The maximum absolute atomic E-state index is 12.0. The quantitative estimate of drug-likeness (QED) is 0.359. The maximum Gasteiger partial charge on any atom is 0.271 e. The number of nitrogens with one attached hydrogen (secondary N) is 1. The van der Waals surface area contributed by atoms with Crippen LogP contribution in [0, 0.1) is 7.14 Å². The second-order valence-corrected chi connectivity index (χ2v) is 7.37. The molecule has 0 aromatic heterocycles. The van der Waals surface area contributed by atoms with Crippen LogP contribution < -0.4 is 10.3 Å². The molecule has 0 saturated heterocycles. The van der Waals surface area contributed by atoms with Gasteiger partial charge in [-0.15, -0.1) is 0 Å². The maximum atomic E-state index is 12.0. The summed E-state index contributed by atoms with van der Waals surface area (Å²) in [6, 6.07) is 10.9. The Morgan fingerprint density at radius 2 is 1.87 bits per heavy atom. The number of amides is 1. The fraction of sp³-hybridized carbons (Fsp3) is 0.125. The number of aromatic hydroxyl groups is 1. The Kier molecular flexibility index (Phi) is 6.22. The van der Waals surface area contributed by atoms with Gasteiger partial charge in [-0.3, -0.25) is 4.79 Å². The molecule has 0 unspecified atom stereocenters. The van der Waals surface area contributed by atoms with Crippen LogP contribution in [0.25, 0.3) is 0 Å². The van der Waals surface area contributed by atoms with Crippen molar-refractivity contribution in [2.24, 2.45) is 5.10 Å². The minimum Gasteiger partial charge on any atom is -0.506 e. The van der Waals surface area contributed by atoms with E-state index in [1.165, 1.54) is 6.21 Å². The Balaban J connectivity index is 2.07. The standard InChI is InChI=1S/C16H15I2N3O2/c1-21(2)13-5-3-10(4-6-13)16(23)20-19-9-11-7-12(17)8-14(18)15(11)22/h3-9,22H,1-2H3,(H,20,23)/b19-9+. The van der Waals surface area contributed by atoms with E-state index in [2.05, 4.69) is 55.7 Å². The minimum atomic E-state index is -0.300. The number of benzene rings is 2. The molecule has 0 bridgehead atoms.